The van der Waals surface area contributed by atoms with Gasteiger partial charge in [0, 0.05) is 5.02 Å². The fourth-order valence-corrected chi connectivity index (χ4v) is 2.47. The van der Waals surface area contributed by atoms with E-state index in [0.29, 0.717) is 5.92 Å². The number of rotatable bonds is 5. The Kier molecular flexibility index (Phi) is 4.12. The largest absolute Gasteiger partial charge is 0.497 e. The fraction of sp³-hybridized carbons (Fsp3) is 0.500. The summed E-state index contributed by atoms with van der Waals surface area (Å²) in [6.07, 6.45) is 2.81. The molecular formula is C14H17ClO3. The van der Waals surface area contributed by atoms with Gasteiger partial charge in [0.15, 0.2) is 0 Å². The van der Waals surface area contributed by atoms with Crippen LogP contribution in [0.1, 0.15) is 18.4 Å². The molecule has 0 saturated heterocycles. The molecule has 2 atom stereocenters. The van der Waals surface area contributed by atoms with Crippen molar-refractivity contribution in [2.24, 2.45) is 11.8 Å². The van der Waals surface area contributed by atoms with Crippen LogP contribution in [-0.4, -0.2) is 20.2 Å². The monoisotopic (exact) mass is 268 g/mol. The SMILES string of the molecule is COC(=O)C1CC1CCc1ccc(OC)cc1Cl. The van der Waals surface area contributed by atoms with Crippen molar-refractivity contribution in [1.29, 1.82) is 0 Å². The zero-order chi connectivity index (χ0) is 13.1. The first-order valence-electron chi connectivity index (χ1n) is 6.06. The molecule has 1 aliphatic carbocycles. The van der Waals surface area contributed by atoms with Crippen LogP contribution in [0.25, 0.3) is 0 Å². The summed E-state index contributed by atoms with van der Waals surface area (Å²) in [4.78, 5) is 11.3. The molecule has 2 unspecified atom stereocenters. The van der Waals surface area contributed by atoms with Crippen LogP contribution in [0.2, 0.25) is 5.02 Å². The summed E-state index contributed by atoms with van der Waals surface area (Å²) in [5.74, 6) is 1.24. The molecule has 0 spiro atoms. The van der Waals surface area contributed by atoms with Crippen molar-refractivity contribution in [2.75, 3.05) is 14.2 Å². The van der Waals surface area contributed by atoms with E-state index in [4.69, 9.17) is 21.1 Å². The molecule has 4 heteroatoms. The number of carbonyl (C=O) groups is 1. The highest BCUT2D eigenvalue weighted by atomic mass is 35.5. The molecule has 1 fully saturated rings. The van der Waals surface area contributed by atoms with Gasteiger partial charge < -0.3 is 9.47 Å². The number of halogens is 1. The van der Waals surface area contributed by atoms with E-state index in [1.54, 1.807) is 7.11 Å². The van der Waals surface area contributed by atoms with Gasteiger partial charge in [-0.15, -0.1) is 0 Å². The van der Waals surface area contributed by atoms with Crippen LogP contribution in [0.4, 0.5) is 0 Å². The van der Waals surface area contributed by atoms with Crippen molar-refractivity contribution in [1.82, 2.24) is 0 Å². The van der Waals surface area contributed by atoms with Crippen molar-refractivity contribution in [2.45, 2.75) is 19.3 Å². The molecule has 0 aromatic heterocycles. The average Bonchev–Trinajstić information content (AvgIpc) is 3.15. The molecule has 1 aromatic rings. The minimum Gasteiger partial charge on any atom is -0.497 e. The topological polar surface area (TPSA) is 35.5 Å². The third-order valence-corrected chi connectivity index (χ3v) is 3.82. The zero-order valence-corrected chi connectivity index (χ0v) is 11.4. The van der Waals surface area contributed by atoms with Gasteiger partial charge >= 0.3 is 5.97 Å². The van der Waals surface area contributed by atoms with E-state index in [9.17, 15) is 4.79 Å². The normalized spacial score (nSPS) is 21.5. The number of carbonyl (C=O) groups excluding carboxylic acids is 1. The number of esters is 1. The second kappa shape index (κ2) is 5.61. The summed E-state index contributed by atoms with van der Waals surface area (Å²) in [6, 6.07) is 5.71. The van der Waals surface area contributed by atoms with Gasteiger partial charge in [0.2, 0.25) is 0 Å². The Morgan fingerprint density at radius 3 is 2.83 bits per heavy atom. The summed E-state index contributed by atoms with van der Waals surface area (Å²) in [6.45, 7) is 0. The number of hydrogen-bond donors (Lipinski definition) is 0. The van der Waals surface area contributed by atoms with Crippen LogP contribution in [-0.2, 0) is 16.0 Å². The number of methoxy groups -OCH3 is 2. The van der Waals surface area contributed by atoms with Crippen molar-refractivity contribution in [3.63, 3.8) is 0 Å². The van der Waals surface area contributed by atoms with Gasteiger partial charge in [0.1, 0.15) is 5.75 Å². The van der Waals surface area contributed by atoms with E-state index in [-0.39, 0.29) is 11.9 Å². The molecule has 18 heavy (non-hydrogen) atoms. The number of aryl methyl sites for hydroxylation is 1. The van der Waals surface area contributed by atoms with Crippen LogP contribution < -0.4 is 4.74 Å². The van der Waals surface area contributed by atoms with Gasteiger partial charge in [-0.3, -0.25) is 4.79 Å². The minimum atomic E-state index is -0.0826. The number of hydrogen-bond acceptors (Lipinski definition) is 3. The lowest BCUT2D eigenvalue weighted by molar-refractivity contribution is -0.142. The Labute approximate surface area is 112 Å². The molecule has 0 N–H and O–H groups in total. The highest BCUT2D eigenvalue weighted by Gasteiger charge is 2.43. The third kappa shape index (κ3) is 2.96. The molecule has 0 heterocycles. The Morgan fingerprint density at radius 1 is 1.44 bits per heavy atom. The Balaban J connectivity index is 1.86. The van der Waals surface area contributed by atoms with Gasteiger partial charge in [0.25, 0.3) is 0 Å². The molecule has 1 saturated carbocycles. The molecule has 1 aliphatic rings. The van der Waals surface area contributed by atoms with Crippen molar-refractivity contribution < 1.29 is 14.3 Å². The molecule has 1 aromatic carbocycles. The average molecular weight is 269 g/mol. The van der Waals surface area contributed by atoms with Crippen LogP contribution in [0.3, 0.4) is 0 Å². The molecule has 0 bridgehead atoms. The van der Waals surface area contributed by atoms with Crippen molar-refractivity contribution in [3.05, 3.63) is 28.8 Å². The van der Waals surface area contributed by atoms with Gasteiger partial charge in [-0.25, -0.2) is 0 Å². The van der Waals surface area contributed by atoms with Crippen LogP contribution in [0, 0.1) is 11.8 Å². The summed E-state index contributed by atoms with van der Waals surface area (Å²) in [5, 5.41) is 0.726. The highest BCUT2D eigenvalue weighted by Crippen LogP contribution is 2.43. The maximum atomic E-state index is 11.3. The van der Waals surface area contributed by atoms with Crippen LogP contribution >= 0.6 is 11.6 Å². The first kappa shape index (κ1) is 13.2. The van der Waals surface area contributed by atoms with Gasteiger partial charge in [-0.1, -0.05) is 17.7 Å². The molecule has 3 nitrogen and oxygen atoms in total. The van der Waals surface area contributed by atoms with Crippen LogP contribution in [0.15, 0.2) is 18.2 Å². The molecule has 2 rings (SSSR count). The van der Waals surface area contributed by atoms with Crippen LogP contribution in [0.5, 0.6) is 5.75 Å². The maximum Gasteiger partial charge on any atom is 0.308 e. The second-order valence-electron chi connectivity index (χ2n) is 4.62. The zero-order valence-electron chi connectivity index (χ0n) is 10.6. The van der Waals surface area contributed by atoms with Gasteiger partial charge in [-0.05, 0) is 42.9 Å². The molecule has 98 valence electrons. The first-order chi connectivity index (χ1) is 8.65. The Morgan fingerprint density at radius 2 is 2.22 bits per heavy atom. The second-order valence-corrected chi connectivity index (χ2v) is 5.03. The van der Waals surface area contributed by atoms with Gasteiger partial charge in [-0.2, -0.15) is 0 Å². The summed E-state index contributed by atoms with van der Waals surface area (Å²) in [7, 11) is 3.06. The summed E-state index contributed by atoms with van der Waals surface area (Å²) in [5.41, 5.74) is 1.10. The minimum absolute atomic E-state index is 0.0826. The Hall–Kier alpha value is -1.22. The number of benzene rings is 1. The molecular weight excluding hydrogens is 252 g/mol. The van der Waals surface area contributed by atoms with E-state index in [0.717, 1.165) is 35.6 Å². The lowest BCUT2D eigenvalue weighted by Gasteiger charge is -2.06. The number of ether oxygens (including phenoxy) is 2. The lowest BCUT2D eigenvalue weighted by atomic mass is 10.1. The predicted molar refractivity (Wildman–Crippen MR) is 69.9 cm³/mol. The maximum absolute atomic E-state index is 11.3. The van der Waals surface area contributed by atoms with Crippen molar-refractivity contribution >= 4 is 17.6 Å². The van der Waals surface area contributed by atoms with E-state index < -0.39 is 0 Å². The fourth-order valence-electron chi connectivity index (χ4n) is 2.21. The molecule has 0 aliphatic heterocycles. The molecule has 0 amide bonds. The summed E-state index contributed by atoms with van der Waals surface area (Å²) >= 11 is 6.17. The Bertz CT molecular complexity index is 445. The third-order valence-electron chi connectivity index (χ3n) is 3.47. The lowest BCUT2D eigenvalue weighted by Crippen LogP contribution is -2.04. The molecule has 0 radical (unpaired) electrons. The smallest absolute Gasteiger partial charge is 0.308 e. The van der Waals surface area contributed by atoms with E-state index >= 15 is 0 Å². The standard InChI is InChI=1S/C14H17ClO3/c1-17-11-6-5-9(13(15)8-11)3-4-10-7-12(10)14(16)18-2/h5-6,8,10,12H,3-4,7H2,1-2H3. The van der Waals surface area contributed by atoms with E-state index in [1.807, 2.05) is 18.2 Å². The highest BCUT2D eigenvalue weighted by molar-refractivity contribution is 6.31. The van der Waals surface area contributed by atoms with E-state index in [2.05, 4.69) is 0 Å². The predicted octanol–water partition coefficient (Wildman–Crippen LogP) is 3.09. The van der Waals surface area contributed by atoms with Crippen molar-refractivity contribution in [3.8, 4) is 5.75 Å². The summed E-state index contributed by atoms with van der Waals surface area (Å²) < 4.78 is 9.83. The van der Waals surface area contributed by atoms with Gasteiger partial charge in [0.05, 0.1) is 20.1 Å². The van der Waals surface area contributed by atoms with E-state index in [1.165, 1.54) is 7.11 Å². The quantitative estimate of drug-likeness (QED) is 0.770. The first-order valence-corrected chi connectivity index (χ1v) is 6.43.